The van der Waals surface area contributed by atoms with Gasteiger partial charge in [0.25, 0.3) is 0 Å². The van der Waals surface area contributed by atoms with Crippen LogP contribution in [0.25, 0.3) is 0 Å². The molecule has 20 heavy (non-hydrogen) atoms. The van der Waals surface area contributed by atoms with Crippen molar-refractivity contribution in [3.05, 3.63) is 34.9 Å². The normalized spacial score (nSPS) is 14.5. The minimum absolute atomic E-state index is 0.364. The molecule has 114 valence electrons. The van der Waals surface area contributed by atoms with E-state index in [0.717, 1.165) is 18.0 Å². The Bertz CT molecular complexity index is 386. The standard InChI is InChI=1S/C16H27ClN2S/c1-5-15(12-20-4)19(3)10-9-16(18-2)13-7-6-8-14(17)11-13/h6-8,11,15-16,18H,5,9-10,12H2,1-4H3. The zero-order chi connectivity index (χ0) is 15.0. The first kappa shape index (κ1) is 17.8. The smallest absolute Gasteiger partial charge is 0.0409 e. The second-order valence-electron chi connectivity index (χ2n) is 5.18. The molecule has 1 aromatic carbocycles. The van der Waals surface area contributed by atoms with Crippen molar-refractivity contribution in [1.82, 2.24) is 10.2 Å². The molecular weight excluding hydrogens is 288 g/mol. The van der Waals surface area contributed by atoms with Gasteiger partial charge in [0, 0.05) is 22.9 Å². The highest BCUT2D eigenvalue weighted by molar-refractivity contribution is 7.98. The van der Waals surface area contributed by atoms with E-state index in [1.54, 1.807) is 0 Å². The van der Waals surface area contributed by atoms with Gasteiger partial charge in [0.1, 0.15) is 0 Å². The molecule has 0 aliphatic carbocycles. The Kier molecular flexibility index (Phi) is 8.62. The van der Waals surface area contributed by atoms with Gasteiger partial charge in [0.15, 0.2) is 0 Å². The van der Waals surface area contributed by atoms with E-state index in [-0.39, 0.29) is 0 Å². The summed E-state index contributed by atoms with van der Waals surface area (Å²) in [5, 5.41) is 4.21. The highest BCUT2D eigenvalue weighted by Crippen LogP contribution is 2.21. The summed E-state index contributed by atoms with van der Waals surface area (Å²) in [5.74, 6) is 1.20. The minimum atomic E-state index is 0.364. The molecule has 0 saturated carbocycles. The zero-order valence-corrected chi connectivity index (χ0v) is 14.6. The van der Waals surface area contributed by atoms with Gasteiger partial charge in [-0.2, -0.15) is 11.8 Å². The lowest BCUT2D eigenvalue weighted by atomic mass is 10.0. The van der Waals surface area contributed by atoms with E-state index in [2.05, 4.69) is 42.6 Å². The van der Waals surface area contributed by atoms with Crippen molar-refractivity contribution in [2.75, 3.05) is 32.6 Å². The molecule has 0 fully saturated rings. The molecule has 1 N–H and O–H groups in total. The van der Waals surface area contributed by atoms with Crippen LogP contribution in [-0.4, -0.2) is 43.6 Å². The Morgan fingerprint density at radius 1 is 1.40 bits per heavy atom. The van der Waals surface area contributed by atoms with Crippen molar-refractivity contribution >= 4 is 23.4 Å². The van der Waals surface area contributed by atoms with E-state index >= 15 is 0 Å². The maximum Gasteiger partial charge on any atom is 0.0409 e. The minimum Gasteiger partial charge on any atom is -0.313 e. The van der Waals surface area contributed by atoms with Crippen LogP contribution in [0.15, 0.2) is 24.3 Å². The predicted octanol–water partition coefficient (Wildman–Crippen LogP) is 4.06. The highest BCUT2D eigenvalue weighted by Gasteiger charge is 2.15. The third-order valence-corrected chi connectivity index (χ3v) is 4.78. The Hall–Kier alpha value is -0.220. The fourth-order valence-corrected chi connectivity index (χ4v) is 3.54. The molecule has 0 bridgehead atoms. The van der Waals surface area contributed by atoms with E-state index < -0.39 is 0 Å². The number of benzene rings is 1. The molecule has 2 atom stereocenters. The summed E-state index contributed by atoms with van der Waals surface area (Å²) in [5.41, 5.74) is 1.27. The van der Waals surface area contributed by atoms with Crippen LogP contribution in [0.5, 0.6) is 0 Å². The Labute approximate surface area is 133 Å². The van der Waals surface area contributed by atoms with Crippen LogP contribution in [0.3, 0.4) is 0 Å². The van der Waals surface area contributed by atoms with Crippen molar-refractivity contribution in [3.63, 3.8) is 0 Å². The van der Waals surface area contributed by atoms with E-state index in [1.165, 1.54) is 17.7 Å². The highest BCUT2D eigenvalue weighted by atomic mass is 35.5. The van der Waals surface area contributed by atoms with E-state index in [9.17, 15) is 0 Å². The maximum atomic E-state index is 6.08. The molecule has 0 aliphatic heterocycles. The summed E-state index contributed by atoms with van der Waals surface area (Å²) >= 11 is 8.01. The number of nitrogens with zero attached hydrogens (tertiary/aromatic N) is 1. The fraction of sp³-hybridized carbons (Fsp3) is 0.625. The summed E-state index contributed by atoms with van der Waals surface area (Å²) in [7, 11) is 4.25. The number of rotatable bonds is 9. The molecule has 0 spiro atoms. The first-order valence-electron chi connectivity index (χ1n) is 7.24. The summed E-state index contributed by atoms with van der Waals surface area (Å²) in [6, 6.07) is 9.18. The molecule has 0 amide bonds. The number of nitrogens with one attached hydrogen (secondary N) is 1. The van der Waals surface area contributed by atoms with Crippen molar-refractivity contribution in [2.24, 2.45) is 0 Å². The molecule has 1 rings (SSSR count). The van der Waals surface area contributed by atoms with Gasteiger partial charge in [-0.05, 0) is 57.4 Å². The van der Waals surface area contributed by atoms with Crippen LogP contribution >= 0.6 is 23.4 Å². The lowest BCUT2D eigenvalue weighted by Gasteiger charge is -2.28. The maximum absolute atomic E-state index is 6.08. The predicted molar refractivity (Wildman–Crippen MR) is 93.0 cm³/mol. The topological polar surface area (TPSA) is 15.3 Å². The van der Waals surface area contributed by atoms with Crippen molar-refractivity contribution in [3.8, 4) is 0 Å². The van der Waals surface area contributed by atoms with Crippen LogP contribution in [0.2, 0.25) is 5.02 Å². The van der Waals surface area contributed by atoms with Crippen molar-refractivity contribution in [1.29, 1.82) is 0 Å². The summed E-state index contributed by atoms with van der Waals surface area (Å²) in [4.78, 5) is 2.48. The number of hydrogen-bond acceptors (Lipinski definition) is 3. The summed E-state index contributed by atoms with van der Waals surface area (Å²) in [6.45, 7) is 3.36. The molecule has 0 saturated heterocycles. The molecule has 1 aromatic rings. The Morgan fingerprint density at radius 3 is 2.70 bits per heavy atom. The van der Waals surface area contributed by atoms with E-state index in [0.29, 0.717) is 12.1 Å². The average Bonchev–Trinajstić information content (AvgIpc) is 2.45. The number of thioether (sulfide) groups is 1. The van der Waals surface area contributed by atoms with Crippen LogP contribution < -0.4 is 5.32 Å². The van der Waals surface area contributed by atoms with Gasteiger partial charge in [0.05, 0.1) is 0 Å². The van der Waals surface area contributed by atoms with Crippen molar-refractivity contribution in [2.45, 2.75) is 31.8 Å². The number of hydrogen-bond donors (Lipinski definition) is 1. The Balaban J connectivity index is 2.57. The van der Waals surface area contributed by atoms with Gasteiger partial charge in [-0.25, -0.2) is 0 Å². The first-order valence-corrected chi connectivity index (χ1v) is 9.01. The SMILES string of the molecule is CCC(CSC)N(C)CCC(NC)c1cccc(Cl)c1. The quantitative estimate of drug-likeness (QED) is 0.740. The molecule has 0 heterocycles. The third-order valence-electron chi connectivity index (χ3n) is 3.82. The lowest BCUT2D eigenvalue weighted by molar-refractivity contribution is 0.242. The van der Waals surface area contributed by atoms with Gasteiger partial charge < -0.3 is 10.2 Å². The van der Waals surface area contributed by atoms with E-state index in [1.807, 2.05) is 30.9 Å². The summed E-state index contributed by atoms with van der Waals surface area (Å²) in [6.07, 6.45) is 4.48. The zero-order valence-electron chi connectivity index (χ0n) is 13.0. The second kappa shape index (κ2) is 9.67. The van der Waals surface area contributed by atoms with Crippen LogP contribution in [0.1, 0.15) is 31.4 Å². The third kappa shape index (κ3) is 5.65. The fourth-order valence-electron chi connectivity index (χ4n) is 2.47. The van der Waals surface area contributed by atoms with Gasteiger partial charge in [0.2, 0.25) is 0 Å². The largest absolute Gasteiger partial charge is 0.313 e. The molecule has 2 unspecified atom stereocenters. The molecule has 0 radical (unpaired) electrons. The first-order chi connectivity index (χ1) is 9.62. The van der Waals surface area contributed by atoms with Crippen LogP contribution in [0.4, 0.5) is 0 Å². The van der Waals surface area contributed by atoms with E-state index in [4.69, 9.17) is 11.6 Å². The van der Waals surface area contributed by atoms with Gasteiger partial charge in [-0.1, -0.05) is 30.7 Å². The van der Waals surface area contributed by atoms with Gasteiger partial charge in [-0.3, -0.25) is 0 Å². The molecule has 2 nitrogen and oxygen atoms in total. The monoisotopic (exact) mass is 314 g/mol. The van der Waals surface area contributed by atoms with Crippen LogP contribution in [0, 0.1) is 0 Å². The van der Waals surface area contributed by atoms with Gasteiger partial charge in [-0.15, -0.1) is 0 Å². The average molecular weight is 315 g/mol. The van der Waals surface area contributed by atoms with Crippen LogP contribution in [-0.2, 0) is 0 Å². The Morgan fingerprint density at radius 2 is 2.15 bits per heavy atom. The second-order valence-corrected chi connectivity index (χ2v) is 6.53. The molecular formula is C16H27ClN2S. The molecule has 0 aliphatic rings. The molecule has 0 aromatic heterocycles. The molecule has 4 heteroatoms. The summed E-state index contributed by atoms with van der Waals surface area (Å²) < 4.78 is 0. The van der Waals surface area contributed by atoms with Gasteiger partial charge >= 0.3 is 0 Å². The van der Waals surface area contributed by atoms with Crippen molar-refractivity contribution < 1.29 is 0 Å². The number of halogens is 1. The lowest BCUT2D eigenvalue weighted by Crippen LogP contribution is -2.35.